The topological polar surface area (TPSA) is 63.8 Å². The van der Waals surface area contributed by atoms with Crippen LogP contribution in [0.5, 0.6) is 0 Å². The van der Waals surface area contributed by atoms with Crippen LogP contribution in [0, 0.1) is 5.41 Å². The maximum absolute atomic E-state index is 6.08. The monoisotopic (exact) mass is 294 g/mol. The van der Waals surface area contributed by atoms with E-state index in [0.717, 1.165) is 0 Å². The van der Waals surface area contributed by atoms with Crippen molar-refractivity contribution in [2.75, 3.05) is 7.05 Å². The van der Waals surface area contributed by atoms with Gasteiger partial charge in [-0.05, 0) is 24.6 Å². The van der Waals surface area contributed by atoms with Crippen LogP contribution in [0.25, 0.3) is 11.5 Å². The molecule has 0 aliphatic rings. The van der Waals surface area contributed by atoms with Gasteiger partial charge in [-0.2, -0.15) is 4.98 Å². The molecule has 0 amide bonds. The molecule has 2 rings (SSSR count). The van der Waals surface area contributed by atoms with Crippen molar-refractivity contribution in [1.82, 2.24) is 20.4 Å². The van der Waals surface area contributed by atoms with E-state index in [1.54, 1.807) is 18.3 Å². The standard InChI is InChI=1S/C14H19ClN4O/c1-14(2,3)10(16-4)8-11-18-13(19-20-11)12-9(15)6-5-7-17-12/h5-7,10,16H,8H2,1-4H3. The molecule has 0 aliphatic carbocycles. The number of hydrogen-bond acceptors (Lipinski definition) is 5. The molecule has 0 radical (unpaired) electrons. The number of hydrogen-bond donors (Lipinski definition) is 1. The SMILES string of the molecule is CNC(Cc1nc(-c2ncccc2Cl)no1)C(C)(C)C. The van der Waals surface area contributed by atoms with Crippen molar-refractivity contribution in [3.8, 4) is 11.5 Å². The average Bonchev–Trinajstić information content (AvgIpc) is 2.83. The fourth-order valence-corrected chi connectivity index (χ4v) is 2.21. The van der Waals surface area contributed by atoms with Crippen molar-refractivity contribution in [2.24, 2.45) is 5.41 Å². The average molecular weight is 295 g/mol. The van der Waals surface area contributed by atoms with Crippen molar-refractivity contribution >= 4 is 11.6 Å². The normalized spacial score (nSPS) is 13.4. The van der Waals surface area contributed by atoms with Gasteiger partial charge in [0.05, 0.1) is 5.02 Å². The minimum Gasteiger partial charge on any atom is -0.339 e. The molecule has 2 aromatic rings. The molecular formula is C14H19ClN4O. The summed E-state index contributed by atoms with van der Waals surface area (Å²) < 4.78 is 5.30. The molecule has 20 heavy (non-hydrogen) atoms. The van der Waals surface area contributed by atoms with E-state index in [1.807, 2.05) is 7.05 Å². The van der Waals surface area contributed by atoms with E-state index < -0.39 is 0 Å². The van der Waals surface area contributed by atoms with E-state index in [0.29, 0.717) is 28.9 Å². The summed E-state index contributed by atoms with van der Waals surface area (Å²) in [7, 11) is 1.93. The molecule has 1 N–H and O–H groups in total. The lowest BCUT2D eigenvalue weighted by Crippen LogP contribution is -2.39. The zero-order valence-electron chi connectivity index (χ0n) is 12.1. The third kappa shape index (κ3) is 3.35. The molecule has 0 saturated carbocycles. The summed E-state index contributed by atoms with van der Waals surface area (Å²) in [6, 6.07) is 3.77. The van der Waals surface area contributed by atoms with Gasteiger partial charge < -0.3 is 9.84 Å². The van der Waals surface area contributed by atoms with Crippen LogP contribution in [0.3, 0.4) is 0 Å². The maximum Gasteiger partial charge on any atom is 0.228 e. The van der Waals surface area contributed by atoms with E-state index in [1.165, 1.54) is 0 Å². The molecular weight excluding hydrogens is 276 g/mol. The van der Waals surface area contributed by atoms with Crippen LogP contribution in [0.2, 0.25) is 5.02 Å². The quantitative estimate of drug-likeness (QED) is 0.939. The zero-order valence-corrected chi connectivity index (χ0v) is 12.9. The van der Waals surface area contributed by atoms with Crippen molar-refractivity contribution in [2.45, 2.75) is 33.2 Å². The van der Waals surface area contributed by atoms with E-state index in [9.17, 15) is 0 Å². The Morgan fingerprint density at radius 2 is 2.15 bits per heavy atom. The van der Waals surface area contributed by atoms with Crippen LogP contribution in [0.1, 0.15) is 26.7 Å². The molecule has 2 heterocycles. The first-order valence-corrected chi connectivity index (χ1v) is 6.90. The van der Waals surface area contributed by atoms with Crippen molar-refractivity contribution in [3.63, 3.8) is 0 Å². The van der Waals surface area contributed by atoms with Crippen LogP contribution in [-0.2, 0) is 6.42 Å². The lowest BCUT2D eigenvalue weighted by atomic mass is 9.85. The highest BCUT2D eigenvalue weighted by Gasteiger charge is 2.25. The van der Waals surface area contributed by atoms with Gasteiger partial charge >= 0.3 is 0 Å². The number of rotatable bonds is 4. The first-order valence-electron chi connectivity index (χ1n) is 6.52. The van der Waals surface area contributed by atoms with Gasteiger partial charge in [-0.15, -0.1) is 0 Å². The second-order valence-corrected chi connectivity index (χ2v) is 6.16. The third-order valence-electron chi connectivity index (χ3n) is 3.21. The largest absolute Gasteiger partial charge is 0.339 e. The van der Waals surface area contributed by atoms with E-state index >= 15 is 0 Å². The molecule has 0 aliphatic heterocycles. The summed E-state index contributed by atoms with van der Waals surface area (Å²) in [5.41, 5.74) is 0.646. The Labute approximate surface area is 123 Å². The van der Waals surface area contributed by atoms with Gasteiger partial charge in [-0.1, -0.05) is 37.5 Å². The van der Waals surface area contributed by atoms with Gasteiger partial charge in [0.15, 0.2) is 0 Å². The Kier molecular flexibility index (Phi) is 4.40. The Balaban J connectivity index is 2.20. The summed E-state index contributed by atoms with van der Waals surface area (Å²) in [5.74, 6) is 1.00. The Morgan fingerprint density at radius 3 is 2.75 bits per heavy atom. The molecule has 6 heteroatoms. The van der Waals surface area contributed by atoms with E-state index in [-0.39, 0.29) is 11.5 Å². The molecule has 1 atom stereocenters. The number of halogens is 1. The highest BCUT2D eigenvalue weighted by Crippen LogP contribution is 2.25. The number of likely N-dealkylation sites (N-methyl/N-ethyl adjacent to an activating group) is 1. The smallest absolute Gasteiger partial charge is 0.228 e. The Hall–Kier alpha value is -1.46. The molecule has 0 spiro atoms. The highest BCUT2D eigenvalue weighted by atomic mass is 35.5. The van der Waals surface area contributed by atoms with Crippen LogP contribution < -0.4 is 5.32 Å². The molecule has 0 bridgehead atoms. The van der Waals surface area contributed by atoms with Crippen LogP contribution in [0.4, 0.5) is 0 Å². The maximum atomic E-state index is 6.08. The molecule has 1 unspecified atom stereocenters. The van der Waals surface area contributed by atoms with Crippen molar-refractivity contribution in [3.05, 3.63) is 29.2 Å². The van der Waals surface area contributed by atoms with Gasteiger partial charge in [-0.25, -0.2) is 0 Å². The zero-order chi connectivity index (χ0) is 14.8. The number of aromatic nitrogens is 3. The fraction of sp³-hybridized carbons (Fsp3) is 0.500. The Bertz CT molecular complexity index is 577. The van der Waals surface area contributed by atoms with Gasteiger partial charge in [0.2, 0.25) is 11.7 Å². The fourth-order valence-electron chi connectivity index (χ4n) is 2.00. The van der Waals surface area contributed by atoms with Crippen LogP contribution in [0.15, 0.2) is 22.9 Å². The summed E-state index contributed by atoms with van der Waals surface area (Å²) in [6.45, 7) is 6.50. The van der Waals surface area contributed by atoms with Crippen LogP contribution in [-0.4, -0.2) is 28.2 Å². The summed E-state index contributed by atoms with van der Waals surface area (Å²) in [4.78, 5) is 8.56. The summed E-state index contributed by atoms with van der Waals surface area (Å²) in [6.07, 6.45) is 2.32. The second-order valence-electron chi connectivity index (χ2n) is 5.76. The summed E-state index contributed by atoms with van der Waals surface area (Å²) >= 11 is 6.08. The number of nitrogens with one attached hydrogen (secondary N) is 1. The minimum absolute atomic E-state index is 0.103. The molecule has 0 aromatic carbocycles. The number of pyridine rings is 1. The number of nitrogens with zero attached hydrogens (tertiary/aromatic N) is 3. The highest BCUT2D eigenvalue weighted by molar-refractivity contribution is 6.32. The van der Waals surface area contributed by atoms with Crippen molar-refractivity contribution in [1.29, 1.82) is 0 Å². The molecule has 2 aromatic heterocycles. The van der Waals surface area contributed by atoms with Gasteiger partial charge in [0.1, 0.15) is 5.69 Å². The van der Waals surface area contributed by atoms with Gasteiger partial charge in [0.25, 0.3) is 0 Å². The van der Waals surface area contributed by atoms with Crippen molar-refractivity contribution < 1.29 is 4.52 Å². The van der Waals surface area contributed by atoms with E-state index in [4.69, 9.17) is 16.1 Å². The van der Waals surface area contributed by atoms with Gasteiger partial charge in [-0.3, -0.25) is 4.98 Å². The first kappa shape index (κ1) is 14.9. The van der Waals surface area contributed by atoms with E-state index in [2.05, 4.69) is 41.2 Å². The minimum atomic E-state index is 0.103. The predicted octanol–water partition coefficient (Wildman–Crippen LogP) is 2.96. The van der Waals surface area contributed by atoms with Crippen LogP contribution >= 0.6 is 11.6 Å². The molecule has 5 nitrogen and oxygen atoms in total. The lowest BCUT2D eigenvalue weighted by molar-refractivity contribution is 0.255. The lowest BCUT2D eigenvalue weighted by Gasteiger charge is -2.29. The summed E-state index contributed by atoms with van der Waals surface area (Å²) in [5, 5.41) is 7.75. The molecule has 0 saturated heterocycles. The molecule has 0 fully saturated rings. The predicted molar refractivity (Wildman–Crippen MR) is 78.5 cm³/mol. The Morgan fingerprint density at radius 1 is 1.40 bits per heavy atom. The third-order valence-corrected chi connectivity index (χ3v) is 3.52. The van der Waals surface area contributed by atoms with Gasteiger partial charge in [0, 0.05) is 18.7 Å². The second kappa shape index (κ2) is 5.89. The first-order chi connectivity index (χ1) is 9.41. The molecule has 108 valence electrons.